The topological polar surface area (TPSA) is 140 Å². The van der Waals surface area contributed by atoms with E-state index in [2.05, 4.69) is 0 Å². The number of hydrogen-bond acceptors (Lipinski definition) is 10. The molecule has 0 spiro atoms. The molecule has 0 radical (unpaired) electrons. The molecule has 1 unspecified atom stereocenters. The number of carbonyl (C=O) groups is 5. The monoisotopic (exact) mass is 626 g/mol. The molecule has 0 aliphatic carbocycles. The third kappa shape index (κ3) is 7.25. The van der Waals surface area contributed by atoms with E-state index in [1.54, 1.807) is 13.8 Å². The number of imide groups is 1. The minimum Gasteiger partial charge on any atom is -0.442 e. The molecule has 4 amide bonds. The Bertz CT molecular complexity index is 1360. The number of carbonyl (C=O) groups excluding carboxylic acids is 5. The third-order valence-electron chi connectivity index (χ3n) is 6.44. The Morgan fingerprint density at radius 3 is 2.61 bits per heavy atom. The molecule has 41 heavy (non-hydrogen) atoms. The van der Waals surface area contributed by atoms with Gasteiger partial charge in [-0.05, 0) is 36.2 Å². The van der Waals surface area contributed by atoms with Crippen molar-refractivity contribution < 1.29 is 37.8 Å². The molecule has 2 N–H and O–H groups in total. The van der Waals surface area contributed by atoms with E-state index in [1.165, 1.54) is 29.2 Å². The highest BCUT2D eigenvalue weighted by atomic mass is 35.5. The van der Waals surface area contributed by atoms with Crippen molar-refractivity contribution in [2.45, 2.75) is 26.0 Å². The molecule has 2 fully saturated rings. The quantitative estimate of drug-likeness (QED) is 0.445. The van der Waals surface area contributed by atoms with Gasteiger partial charge in [-0.3, -0.25) is 29.0 Å². The molecule has 220 valence electrons. The molecule has 1 aromatic heterocycles. The Morgan fingerprint density at radius 1 is 1.22 bits per heavy atom. The first-order valence-electron chi connectivity index (χ1n) is 12.6. The van der Waals surface area contributed by atoms with Crippen molar-refractivity contribution in [2.24, 2.45) is 11.7 Å². The van der Waals surface area contributed by atoms with Crippen LogP contribution in [0, 0.1) is 11.7 Å². The van der Waals surface area contributed by atoms with Crippen LogP contribution in [0.15, 0.2) is 30.3 Å². The summed E-state index contributed by atoms with van der Waals surface area (Å²) in [6, 6.07) is 6.22. The molecular formula is C26H28ClFN4O7S2. The average Bonchev–Trinajstić information content (AvgIpc) is 3.54. The van der Waals surface area contributed by atoms with Gasteiger partial charge in [-0.2, -0.15) is 0 Å². The minimum atomic E-state index is -0.982. The van der Waals surface area contributed by atoms with Crippen LogP contribution >= 0.6 is 34.7 Å². The second kappa shape index (κ2) is 13.3. The van der Waals surface area contributed by atoms with E-state index in [0.717, 1.165) is 27.2 Å². The van der Waals surface area contributed by atoms with Crippen LogP contribution in [0.25, 0.3) is 0 Å². The first-order chi connectivity index (χ1) is 19.5. The van der Waals surface area contributed by atoms with Crippen LogP contribution in [0.3, 0.4) is 0 Å². The number of morpholine rings is 1. The largest absolute Gasteiger partial charge is 0.442 e. The Morgan fingerprint density at radius 2 is 1.98 bits per heavy atom. The van der Waals surface area contributed by atoms with Gasteiger partial charge in [-0.1, -0.05) is 37.2 Å². The van der Waals surface area contributed by atoms with Gasteiger partial charge in [0.2, 0.25) is 11.0 Å². The summed E-state index contributed by atoms with van der Waals surface area (Å²) in [5, 5.41) is -0.393. The number of cyclic esters (lactones) is 1. The number of benzene rings is 1. The van der Waals surface area contributed by atoms with Gasteiger partial charge in [0.25, 0.3) is 11.8 Å². The predicted molar refractivity (Wildman–Crippen MR) is 153 cm³/mol. The predicted octanol–water partition coefficient (Wildman–Crippen LogP) is 3.14. The lowest BCUT2D eigenvalue weighted by atomic mass is 10.1. The highest BCUT2D eigenvalue weighted by Crippen LogP contribution is 2.30. The van der Waals surface area contributed by atoms with Crippen LogP contribution in [0.1, 0.15) is 23.5 Å². The number of hydrogen-bond donors (Lipinski definition) is 1. The standard InChI is InChI=1S/C26H28ClFN4O7S2/c1-14(2)23(29)25(36)40-13-22(34)32(24(35)19-5-6-20(27)41-19)11-16-10-31(26(37)39-16)18-4-3-15(9-17(18)28)30-7-8-38-12-21(30)33/h3-6,9,14,16,23H,7-8,10-13,29H2,1-2H3/t16-,23?/m1/s1. The number of thioether (sulfide) groups is 1. The normalized spacial score (nSPS) is 18.0. The highest BCUT2D eigenvalue weighted by Gasteiger charge is 2.38. The Hall–Kier alpha value is -3.04. The molecule has 2 atom stereocenters. The summed E-state index contributed by atoms with van der Waals surface area (Å²) < 4.78 is 26.0. The van der Waals surface area contributed by atoms with E-state index in [1.807, 2.05) is 0 Å². The van der Waals surface area contributed by atoms with E-state index in [9.17, 15) is 24.0 Å². The van der Waals surface area contributed by atoms with Crippen molar-refractivity contribution in [2.75, 3.05) is 48.4 Å². The van der Waals surface area contributed by atoms with Gasteiger partial charge in [0.1, 0.15) is 18.5 Å². The highest BCUT2D eigenvalue weighted by molar-refractivity contribution is 8.14. The average molecular weight is 627 g/mol. The summed E-state index contributed by atoms with van der Waals surface area (Å²) in [4.78, 5) is 67.1. The summed E-state index contributed by atoms with van der Waals surface area (Å²) in [6.45, 7) is 3.55. The number of halogens is 2. The Balaban J connectivity index is 1.48. The molecular weight excluding hydrogens is 599 g/mol. The van der Waals surface area contributed by atoms with Gasteiger partial charge in [0.05, 0.1) is 46.4 Å². The number of thiophene rings is 1. The van der Waals surface area contributed by atoms with Crippen molar-refractivity contribution in [3.05, 3.63) is 45.4 Å². The molecule has 2 aliphatic rings. The fourth-order valence-corrected chi connectivity index (χ4v) is 6.01. The molecule has 0 bridgehead atoms. The fourth-order valence-electron chi connectivity index (χ4n) is 4.13. The first kappa shape index (κ1) is 30.9. The summed E-state index contributed by atoms with van der Waals surface area (Å²) in [7, 11) is 0. The third-order valence-corrected chi connectivity index (χ3v) is 8.61. The maximum Gasteiger partial charge on any atom is 0.414 e. The molecule has 15 heteroatoms. The lowest BCUT2D eigenvalue weighted by molar-refractivity contribution is -0.127. The molecule has 2 aromatic rings. The Kier molecular flexibility index (Phi) is 10.0. The number of anilines is 2. The zero-order chi connectivity index (χ0) is 29.8. The van der Waals surface area contributed by atoms with Crippen molar-refractivity contribution in [3.63, 3.8) is 0 Å². The molecule has 4 rings (SSSR count). The maximum absolute atomic E-state index is 15.1. The van der Waals surface area contributed by atoms with Crippen LogP contribution in [0.2, 0.25) is 4.34 Å². The van der Waals surface area contributed by atoms with Crippen LogP contribution in [0.4, 0.5) is 20.6 Å². The van der Waals surface area contributed by atoms with Crippen LogP contribution in [0.5, 0.6) is 0 Å². The van der Waals surface area contributed by atoms with Crippen LogP contribution in [-0.4, -0.2) is 84.6 Å². The molecule has 3 heterocycles. The first-order valence-corrected chi connectivity index (χ1v) is 14.8. The lowest BCUT2D eigenvalue weighted by Crippen LogP contribution is -2.44. The van der Waals surface area contributed by atoms with Gasteiger partial charge in [-0.25, -0.2) is 9.18 Å². The van der Waals surface area contributed by atoms with E-state index in [0.29, 0.717) is 28.4 Å². The van der Waals surface area contributed by atoms with Gasteiger partial charge in [0.15, 0.2) is 0 Å². The summed E-state index contributed by atoms with van der Waals surface area (Å²) in [5.74, 6) is -2.92. The zero-order valence-corrected chi connectivity index (χ0v) is 24.6. The van der Waals surface area contributed by atoms with Crippen molar-refractivity contribution in [1.29, 1.82) is 0 Å². The number of ether oxygens (including phenoxy) is 2. The van der Waals surface area contributed by atoms with Gasteiger partial charge < -0.3 is 20.1 Å². The second-order valence-electron chi connectivity index (χ2n) is 9.64. The number of nitrogens with two attached hydrogens (primary N) is 1. The number of nitrogens with zero attached hydrogens (tertiary/aromatic N) is 3. The second-order valence-corrected chi connectivity index (χ2v) is 12.3. The van der Waals surface area contributed by atoms with Gasteiger partial charge in [-0.15, -0.1) is 11.3 Å². The summed E-state index contributed by atoms with van der Waals surface area (Å²) in [5.41, 5.74) is 6.11. The van der Waals surface area contributed by atoms with Gasteiger partial charge >= 0.3 is 6.09 Å². The fraction of sp³-hybridized carbons (Fsp3) is 0.423. The maximum atomic E-state index is 15.1. The number of rotatable bonds is 9. The van der Waals surface area contributed by atoms with E-state index in [-0.39, 0.29) is 54.4 Å². The molecule has 11 nitrogen and oxygen atoms in total. The zero-order valence-electron chi connectivity index (χ0n) is 22.2. The molecule has 1 aromatic carbocycles. The molecule has 2 aliphatic heterocycles. The van der Waals surface area contributed by atoms with Crippen molar-refractivity contribution >= 4 is 75.0 Å². The Labute approximate surface area is 248 Å². The van der Waals surface area contributed by atoms with Crippen LogP contribution in [-0.2, 0) is 23.9 Å². The summed E-state index contributed by atoms with van der Waals surface area (Å²) >= 11 is 7.65. The van der Waals surface area contributed by atoms with Crippen molar-refractivity contribution in [3.8, 4) is 0 Å². The minimum absolute atomic E-state index is 0.0833. The number of amides is 4. The SMILES string of the molecule is CC(C)C(N)C(=O)SCC(=O)N(C[C@H]1CN(c2ccc(N3CCOCC3=O)cc2F)C(=O)O1)C(=O)c1ccc(Cl)s1. The molecule has 2 saturated heterocycles. The lowest BCUT2D eigenvalue weighted by Gasteiger charge is -2.27. The van der Waals surface area contributed by atoms with E-state index >= 15 is 4.39 Å². The van der Waals surface area contributed by atoms with E-state index < -0.39 is 41.0 Å². The van der Waals surface area contributed by atoms with E-state index in [4.69, 9.17) is 26.8 Å². The van der Waals surface area contributed by atoms with Gasteiger partial charge in [0, 0.05) is 12.2 Å². The van der Waals surface area contributed by atoms with Crippen LogP contribution < -0.4 is 15.5 Å². The molecule has 0 saturated carbocycles. The smallest absolute Gasteiger partial charge is 0.414 e. The van der Waals surface area contributed by atoms with Crippen molar-refractivity contribution in [1.82, 2.24) is 4.90 Å². The summed E-state index contributed by atoms with van der Waals surface area (Å²) in [6.07, 6.45) is -1.85.